The molecule has 0 aromatic heterocycles. The Morgan fingerprint density at radius 3 is 2.48 bits per heavy atom. The molecule has 1 aromatic carbocycles. The Hall–Kier alpha value is -1.39. The van der Waals surface area contributed by atoms with E-state index in [1.165, 1.54) is 11.4 Å². The van der Waals surface area contributed by atoms with E-state index in [9.17, 15) is 8.42 Å². The normalized spacial score (nSPS) is 12.1. The molecular weight excluding hydrogens is 288 g/mol. The molecule has 5 nitrogen and oxygen atoms in total. The second-order valence-electron chi connectivity index (χ2n) is 5.73. The average Bonchev–Trinajstić information content (AvgIpc) is 2.35. The maximum Gasteiger partial charge on any atom is 0.279 e. The fraction of sp³-hybridized carbons (Fsp3) is 0.467. The zero-order chi connectivity index (χ0) is 16.1. The van der Waals surface area contributed by atoms with Crippen LogP contribution >= 0.6 is 0 Å². The quantitative estimate of drug-likeness (QED) is 0.818. The van der Waals surface area contributed by atoms with Gasteiger partial charge < -0.3 is 5.11 Å². The summed E-state index contributed by atoms with van der Waals surface area (Å²) in [6, 6.07) is 7.28. The fourth-order valence-electron chi connectivity index (χ4n) is 1.70. The van der Waals surface area contributed by atoms with Gasteiger partial charge in [-0.3, -0.25) is 0 Å². The fourth-order valence-corrected chi connectivity index (χ4v) is 2.94. The topological polar surface area (TPSA) is 69.6 Å². The van der Waals surface area contributed by atoms with Gasteiger partial charge >= 0.3 is 0 Å². The van der Waals surface area contributed by atoms with Crippen LogP contribution in [-0.4, -0.2) is 37.0 Å². The zero-order valence-corrected chi connectivity index (χ0v) is 13.7. The summed E-state index contributed by atoms with van der Waals surface area (Å²) in [7, 11) is -2.05. The highest BCUT2D eigenvalue weighted by Gasteiger charge is 2.24. The van der Waals surface area contributed by atoms with Crippen molar-refractivity contribution in [2.75, 3.05) is 13.7 Å². The number of hydrogen-bond donors (Lipinski definition) is 2. The van der Waals surface area contributed by atoms with E-state index in [-0.39, 0.29) is 13.2 Å². The third-order valence-corrected chi connectivity index (χ3v) is 4.38. The first-order valence-electron chi connectivity index (χ1n) is 6.58. The van der Waals surface area contributed by atoms with Crippen molar-refractivity contribution >= 4 is 10.2 Å². The van der Waals surface area contributed by atoms with E-state index >= 15 is 0 Å². The highest BCUT2D eigenvalue weighted by Crippen LogP contribution is 2.13. The van der Waals surface area contributed by atoms with E-state index in [0.29, 0.717) is 5.56 Å². The standard InChI is InChI=1S/C15H22N2O3S/c1-15(2,3)16-21(19,20)17(4)12-14-9-6-5-8-13(14)10-7-11-18/h5-6,8-9,16,18H,11-12H2,1-4H3. The van der Waals surface area contributed by atoms with Gasteiger partial charge in [0, 0.05) is 24.7 Å². The molecule has 0 amide bonds. The number of benzene rings is 1. The lowest BCUT2D eigenvalue weighted by Crippen LogP contribution is -2.47. The smallest absolute Gasteiger partial charge is 0.279 e. The lowest BCUT2D eigenvalue weighted by atomic mass is 10.1. The minimum atomic E-state index is -3.57. The van der Waals surface area contributed by atoms with Gasteiger partial charge in [0.05, 0.1) is 0 Å². The minimum absolute atomic E-state index is 0.210. The Kier molecular flexibility index (Phi) is 5.93. The molecule has 0 spiro atoms. The second kappa shape index (κ2) is 7.05. The van der Waals surface area contributed by atoms with Gasteiger partial charge in [-0.2, -0.15) is 17.4 Å². The van der Waals surface area contributed by atoms with Crippen LogP contribution in [0.2, 0.25) is 0 Å². The summed E-state index contributed by atoms with van der Waals surface area (Å²) in [5.74, 6) is 5.40. The van der Waals surface area contributed by atoms with E-state index in [4.69, 9.17) is 5.11 Å². The maximum absolute atomic E-state index is 12.2. The summed E-state index contributed by atoms with van der Waals surface area (Å²) in [4.78, 5) is 0. The monoisotopic (exact) mass is 310 g/mol. The van der Waals surface area contributed by atoms with Crippen molar-refractivity contribution in [3.63, 3.8) is 0 Å². The molecule has 1 aromatic rings. The van der Waals surface area contributed by atoms with Gasteiger partial charge in [-0.25, -0.2) is 0 Å². The van der Waals surface area contributed by atoms with E-state index in [1.54, 1.807) is 26.8 Å². The number of nitrogens with one attached hydrogen (secondary N) is 1. The molecule has 0 unspecified atom stereocenters. The van der Waals surface area contributed by atoms with Crippen molar-refractivity contribution in [1.82, 2.24) is 9.03 Å². The molecule has 0 aliphatic rings. The van der Waals surface area contributed by atoms with Crippen LogP contribution < -0.4 is 4.72 Å². The molecule has 0 aliphatic carbocycles. The number of hydrogen-bond acceptors (Lipinski definition) is 3. The van der Waals surface area contributed by atoms with Crippen LogP contribution in [0.25, 0.3) is 0 Å². The van der Waals surface area contributed by atoms with Crippen LogP contribution in [0, 0.1) is 11.8 Å². The van der Waals surface area contributed by atoms with Crippen LogP contribution in [0.4, 0.5) is 0 Å². The number of nitrogens with zero attached hydrogens (tertiary/aromatic N) is 1. The molecule has 21 heavy (non-hydrogen) atoms. The summed E-state index contributed by atoms with van der Waals surface area (Å²) in [5, 5.41) is 8.77. The number of aliphatic hydroxyl groups excluding tert-OH is 1. The molecule has 0 fully saturated rings. The molecular formula is C15H22N2O3S. The van der Waals surface area contributed by atoms with Gasteiger partial charge in [0.1, 0.15) is 6.61 Å². The Morgan fingerprint density at radius 2 is 1.90 bits per heavy atom. The Balaban J connectivity index is 2.96. The first-order valence-corrected chi connectivity index (χ1v) is 8.02. The third-order valence-electron chi connectivity index (χ3n) is 2.56. The Morgan fingerprint density at radius 1 is 1.29 bits per heavy atom. The van der Waals surface area contributed by atoms with Crippen LogP contribution in [0.15, 0.2) is 24.3 Å². The molecule has 0 atom stereocenters. The molecule has 6 heteroatoms. The summed E-state index contributed by atoms with van der Waals surface area (Å²) in [5.41, 5.74) is 0.966. The highest BCUT2D eigenvalue weighted by atomic mass is 32.2. The summed E-state index contributed by atoms with van der Waals surface area (Å²) in [6.45, 7) is 5.35. The van der Waals surface area contributed by atoms with Crippen LogP contribution in [0.1, 0.15) is 31.9 Å². The van der Waals surface area contributed by atoms with Gasteiger partial charge in [0.25, 0.3) is 10.2 Å². The summed E-state index contributed by atoms with van der Waals surface area (Å²) >= 11 is 0. The van der Waals surface area contributed by atoms with Gasteiger partial charge in [-0.1, -0.05) is 30.0 Å². The van der Waals surface area contributed by atoms with E-state index in [0.717, 1.165) is 5.56 Å². The molecule has 0 radical (unpaired) electrons. The van der Waals surface area contributed by atoms with Gasteiger partial charge in [-0.05, 0) is 32.4 Å². The van der Waals surface area contributed by atoms with E-state index in [2.05, 4.69) is 16.6 Å². The number of aliphatic hydroxyl groups is 1. The van der Waals surface area contributed by atoms with Gasteiger partial charge in [0.2, 0.25) is 0 Å². The maximum atomic E-state index is 12.2. The molecule has 0 aliphatic heterocycles. The van der Waals surface area contributed by atoms with Crippen LogP contribution in [0.5, 0.6) is 0 Å². The van der Waals surface area contributed by atoms with Crippen LogP contribution in [-0.2, 0) is 16.8 Å². The lowest BCUT2D eigenvalue weighted by molar-refractivity contribution is 0.350. The molecule has 0 bridgehead atoms. The van der Waals surface area contributed by atoms with E-state index in [1.807, 2.05) is 18.2 Å². The first kappa shape index (κ1) is 17.7. The second-order valence-corrected chi connectivity index (χ2v) is 7.51. The molecule has 1 rings (SSSR count). The highest BCUT2D eigenvalue weighted by molar-refractivity contribution is 7.87. The first-order chi connectivity index (χ1) is 9.65. The molecule has 116 valence electrons. The Labute approximate surface area is 127 Å². The van der Waals surface area contributed by atoms with E-state index < -0.39 is 15.7 Å². The van der Waals surface area contributed by atoms with Crippen molar-refractivity contribution in [2.24, 2.45) is 0 Å². The SMILES string of the molecule is CN(Cc1ccccc1C#CCO)S(=O)(=O)NC(C)(C)C. The van der Waals surface area contributed by atoms with Crippen molar-refractivity contribution in [3.05, 3.63) is 35.4 Å². The zero-order valence-electron chi connectivity index (χ0n) is 12.8. The van der Waals surface area contributed by atoms with Gasteiger partial charge in [-0.15, -0.1) is 0 Å². The summed E-state index contributed by atoms with van der Waals surface area (Å²) < 4.78 is 28.3. The molecule has 0 saturated heterocycles. The van der Waals surface area contributed by atoms with Crippen LogP contribution in [0.3, 0.4) is 0 Å². The molecule has 0 heterocycles. The van der Waals surface area contributed by atoms with Gasteiger partial charge in [0.15, 0.2) is 0 Å². The average molecular weight is 310 g/mol. The molecule has 2 N–H and O–H groups in total. The Bertz CT molecular complexity index is 637. The van der Waals surface area contributed by atoms with Crippen molar-refractivity contribution in [1.29, 1.82) is 0 Å². The third kappa shape index (κ3) is 5.86. The summed E-state index contributed by atoms with van der Waals surface area (Å²) in [6.07, 6.45) is 0. The largest absolute Gasteiger partial charge is 0.384 e. The van der Waals surface area contributed by atoms with Crippen molar-refractivity contribution in [3.8, 4) is 11.8 Å². The van der Waals surface area contributed by atoms with Crippen molar-refractivity contribution in [2.45, 2.75) is 32.9 Å². The lowest BCUT2D eigenvalue weighted by Gasteiger charge is -2.25. The number of rotatable bonds is 4. The minimum Gasteiger partial charge on any atom is -0.384 e. The molecule has 0 saturated carbocycles. The predicted octanol–water partition coefficient (Wildman–Crippen LogP) is 1.10. The predicted molar refractivity (Wildman–Crippen MR) is 83.7 cm³/mol. The van der Waals surface area contributed by atoms with Crippen molar-refractivity contribution < 1.29 is 13.5 Å².